The van der Waals surface area contributed by atoms with Crippen LogP contribution < -0.4 is 4.74 Å². The second kappa shape index (κ2) is 9.78. The Morgan fingerprint density at radius 1 is 1.00 bits per heavy atom. The molecule has 2 aromatic rings. The minimum atomic E-state index is 0. The first-order valence-corrected chi connectivity index (χ1v) is 9.90. The monoisotopic (exact) mass is 403 g/mol. The molecule has 28 heavy (non-hydrogen) atoms. The molecule has 0 aliphatic carbocycles. The summed E-state index contributed by atoms with van der Waals surface area (Å²) in [6.45, 7) is 9.77. The Morgan fingerprint density at radius 2 is 1.68 bits per heavy atom. The zero-order valence-corrected chi connectivity index (χ0v) is 18.6. The number of halogens is 1. The summed E-state index contributed by atoms with van der Waals surface area (Å²) < 4.78 is 11.5. The van der Waals surface area contributed by atoms with Gasteiger partial charge in [0.15, 0.2) is 0 Å². The van der Waals surface area contributed by atoms with E-state index in [1.54, 1.807) is 7.11 Å². The zero-order chi connectivity index (χ0) is 19.4. The normalized spacial score (nSPS) is 20.5. The van der Waals surface area contributed by atoms with Crippen LogP contribution in [0.4, 0.5) is 0 Å². The summed E-state index contributed by atoms with van der Waals surface area (Å²) >= 11 is 0. The van der Waals surface area contributed by atoms with Crippen LogP contribution >= 0.6 is 12.4 Å². The second-order valence-electron chi connectivity index (χ2n) is 8.59. The molecule has 2 aromatic carbocycles. The topological polar surface area (TPSA) is 21.7 Å². The van der Waals surface area contributed by atoms with Crippen LogP contribution in [0.15, 0.2) is 48.5 Å². The SMILES string of the molecule is COc1ccccc1C1CCN(Cc2ccc(C(C)(C)C)cc2)CC1OC.Cl. The third-order valence-electron chi connectivity index (χ3n) is 5.71. The third kappa shape index (κ3) is 5.28. The first kappa shape index (κ1) is 22.7. The summed E-state index contributed by atoms with van der Waals surface area (Å²) in [6.07, 6.45) is 1.27. The van der Waals surface area contributed by atoms with Crippen LogP contribution in [0.5, 0.6) is 5.75 Å². The molecule has 1 fully saturated rings. The number of rotatable bonds is 5. The fourth-order valence-corrected chi connectivity index (χ4v) is 4.06. The highest BCUT2D eigenvalue weighted by Crippen LogP contribution is 2.36. The highest BCUT2D eigenvalue weighted by molar-refractivity contribution is 5.85. The molecule has 1 aliphatic rings. The second-order valence-corrected chi connectivity index (χ2v) is 8.59. The predicted octanol–water partition coefficient (Wildman–Crippen LogP) is 5.42. The molecule has 0 amide bonds. The third-order valence-corrected chi connectivity index (χ3v) is 5.71. The molecule has 0 bridgehead atoms. The molecule has 2 unspecified atom stereocenters. The lowest BCUT2D eigenvalue weighted by atomic mass is 9.85. The number of piperidine rings is 1. The Hall–Kier alpha value is -1.55. The number of hydrogen-bond acceptors (Lipinski definition) is 3. The quantitative estimate of drug-likeness (QED) is 0.665. The van der Waals surface area contributed by atoms with Crippen molar-refractivity contribution in [1.82, 2.24) is 4.90 Å². The number of likely N-dealkylation sites (tertiary alicyclic amines) is 1. The van der Waals surface area contributed by atoms with Gasteiger partial charge in [-0.2, -0.15) is 0 Å². The molecule has 0 saturated carbocycles. The maximum atomic E-state index is 5.89. The van der Waals surface area contributed by atoms with E-state index in [4.69, 9.17) is 9.47 Å². The minimum Gasteiger partial charge on any atom is -0.496 e. The molecule has 4 heteroatoms. The fourth-order valence-electron chi connectivity index (χ4n) is 4.06. The van der Waals surface area contributed by atoms with Crippen molar-refractivity contribution in [2.45, 2.75) is 51.2 Å². The lowest BCUT2D eigenvalue weighted by molar-refractivity contribution is 0.0112. The Balaban J connectivity index is 0.00000280. The van der Waals surface area contributed by atoms with Gasteiger partial charge in [0.1, 0.15) is 5.75 Å². The maximum absolute atomic E-state index is 5.89. The summed E-state index contributed by atoms with van der Waals surface area (Å²) in [5.74, 6) is 1.35. The minimum absolute atomic E-state index is 0. The molecule has 0 radical (unpaired) electrons. The Bertz CT molecular complexity index is 739. The van der Waals surface area contributed by atoms with Gasteiger partial charge in [0, 0.05) is 26.1 Å². The van der Waals surface area contributed by atoms with Gasteiger partial charge in [-0.3, -0.25) is 4.90 Å². The van der Waals surface area contributed by atoms with Crippen LogP contribution in [0, 0.1) is 0 Å². The maximum Gasteiger partial charge on any atom is 0.122 e. The van der Waals surface area contributed by atoms with Crippen molar-refractivity contribution >= 4 is 12.4 Å². The van der Waals surface area contributed by atoms with E-state index in [2.05, 4.69) is 62.1 Å². The van der Waals surface area contributed by atoms with E-state index in [0.29, 0.717) is 5.92 Å². The van der Waals surface area contributed by atoms with Crippen molar-refractivity contribution in [1.29, 1.82) is 0 Å². The van der Waals surface area contributed by atoms with Crippen LogP contribution in [0.1, 0.15) is 49.8 Å². The van der Waals surface area contributed by atoms with E-state index in [0.717, 1.165) is 31.8 Å². The van der Waals surface area contributed by atoms with Gasteiger partial charge < -0.3 is 9.47 Å². The molecule has 0 aromatic heterocycles. The van der Waals surface area contributed by atoms with Gasteiger partial charge in [-0.15, -0.1) is 12.4 Å². The fraction of sp³-hybridized carbons (Fsp3) is 0.500. The highest BCUT2D eigenvalue weighted by atomic mass is 35.5. The number of para-hydroxylation sites is 1. The Labute approximate surface area is 176 Å². The molecule has 0 N–H and O–H groups in total. The largest absolute Gasteiger partial charge is 0.496 e. The molecule has 3 rings (SSSR count). The summed E-state index contributed by atoms with van der Waals surface area (Å²) in [6, 6.07) is 17.4. The molecule has 1 saturated heterocycles. The summed E-state index contributed by atoms with van der Waals surface area (Å²) in [7, 11) is 3.58. The van der Waals surface area contributed by atoms with Gasteiger partial charge in [-0.05, 0) is 41.1 Å². The summed E-state index contributed by atoms with van der Waals surface area (Å²) in [5.41, 5.74) is 4.22. The average molecular weight is 404 g/mol. The molecule has 1 heterocycles. The first-order valence-electron chi connectivity index (χ1n) is 9.90. The van der Waals surface area contributed by atoms with Gasteiger partial charge >= 0.3 is 0 Å². The number of ether oxygens (including phenoxy) is 2. The van der Waals surface area contributed by atoms with Crippen LogP contribution in [-0.4, -0.2) is 38.3 Å². The molecule has 3 nitrogen and oxygen atoms in total. The van der Waals surface area contributed by atoms with Crippen molar-refractivity contribution < 1.29 is 9.47 Å². The lowest BCUT2D eigenvalue weighted by Gasteiger charge is -2.38. The van der Waals surface area contributed by atoms with E-state index in [1.807, 2.05) is 19.2 Å². The molecule has 154 valence electrons. The van der Waals surface area contributed by atoms with Gasteiger partial charge in [0.25, 0.3) is 0 Å². The van der Waals surface area contributed by atoms with E-state index < -0.39 is 0 Å². The Morgan fingerprint density at radius 3 is 2.29 bits per heavy atom. The number of methoxy groups -OCH3 is 2. The van der Waals surface area contributed by atoms with E-state index >= 15 is 0 Å². The van der Waals surface area contributed by atoms with Crippen molar-refractivity contribution in [3.8, 4) is 5.75 Å². The molecule has 2 atom stereocenters. The van der Waals surface area contributed by atoms with Crippen molar-refractivity contribution in [3.05, 3.63) is 65.2 Å². The zero-order valence-electron chi connectivity index (χ0n) is 17.8. The van der Waals surface area contributed by atoms with Crippen LogP contribution in [0.25, 0.3) is 0 Å². The van der Waals surface area contributed by atoms with E-state index in [9.17, 15) is 0 Å². The van der Waals surface area contributed by atoms with Crippen molar-refractivity contribution in [2.24, 2.45) is 0 Å². The Kier molecular flexibility index (Phi) is 7.94. The van der Waals surface area contributed by atoms with E-state index in [-0.39, 0.29) is 23.9 Å². The van der Waals surface area contributed by atoms with Crippen molar-refractivity contribution in [2.75, 3.05) is 27.3 Å². The van der Waals surface area contributed by atoms with Gasteiger partial charge in [0.2, 0.25) is 0 Å². The molecule has 1 aliphatic heterocycles. The average Bonchev–Trinajstić information content (AvgIpc) is 2.67. The van der Waals surface area contributed by atoms with Gasteiger partial charge in [-0.25, -0.2) is 0 Å². The molecule has 0 spiro atoms. The van der Waals surface area contributed by atoms with Crippen LogP contribution in [-0.2, 0) is 16.7 Å². The number of nitrogens with zero attached hydrogens (tertiary/aromatic N) is 1. The number of benzene rings is 2. The highest BCUT2D eigenvalue weighted by Gasteiger charge is 2.32. The summed E-state index contributed by atoms with van der Waals surface area (Å²) in [5, 5.41) is 0. The van der Waals surface area contributed by atoms with E-state index in [1.165, 1.54) is 16.7 Å². The molecular weight excluding hydrogens is 370 g/mol. The van der Waals surface area contributed by atoms with Gasteiger partial charge in [0.05, 0.1) is 13.2 Å². The van der Waals surface area contributed by atoms with Crippen molar-refractivity contribution in [3.63, 3.8) is 0 Å². The summed E-state index contributed by atoms with van der Waals surface area (Å²) in [4.78, 5) is 2.51. The predicted molar refractivity (Wildman–Crippen MR) is 119 cm³/mol. The smallest absolute Gasteiger partial charge is 0.122 e. The molecular formula is C24H34ClNO2. The van der Waals surface area contributed by atoms with Crippen LogP contribution in [0.2, 0.25) is 0 Å². The first-order chi connectivity index (χ1) is 12.9. The number of hydrogen-bond donors (Lipinski definition) is 0. The van der Waals surface area contributed by atoms with Crippen LogP contribution in [0.3, 0.4) is 0 Å². The lowest BCUT2D eigenvalue weighted by Crippen LogP contribution is -2.43. The standard InChI is InChI=1S/C24H33NO2.ClH/c1-24(2,3)19-12-10-18(11-13-19)16-25-15-14-21(23(17-25)27-5)20-8-6-7-9-22(20)26-4;/h6-13,21,23H,14-17H2,1-5H3;1H. The van der Waals surface area contributed by atoms with Gasteiger partial charge in [-0.1, -0.05) is 63.2 Å².